The molecule has 2 aliphatic heterocycles. The Kier molecular flexibility index (Phi) is 5.00. The van der Waals surface area contributed by atoms with Crippen LogP contribution in [-0.4, -0.2) is 36.6 Å². The fraction of sp³-hybridized carbons (Fsp3) is 0.333. The van der Waals surface area contributed by atoms with Gasteiger partial charge in [0.2, 0.25) is 5.75 Å². The van der Waals surface area contributed by atoms with E-state index in [2.05, 4.69) is 10.00 Å². The summed E-state index contributed by atoms with van der Waals surface area (Å²) in [5, 5.41) is 4.39. The lowest BCUT2D eigenvalue weighted by atomic mass is 9.88. The molecule has 0 saturated carbocycles. The van der Waals surface area contributed by atoms with Crippen LogP contribution >= 0.6 is 0 Å². The van der Waals surface area contributed by atoms with E-state index in [0.717, 1.165) is 24.1 Å². The molecule has 0 bridgehead atoms. The van der Waals surface area contributed by atoms with Crippen LogP contribution < -0.4 is 24.7 Å². The number of nitrogens with zero attached hydrogens (tertiary/aromatic N) is 3. The zero-order valence-electron chi connectivity index (χ0n) is 18.2. The van der Waals surface area contributed by atoms with Crippen LogP contribution in [0.2, 0.25) is 0 Å². The minimum absolute atomic E-state index is 0.0693. The molecule has 0 unspecified atom stereocenters. The van der Waals surface area contributed by atoms with Crippen LogP contribution in [0.1, 0.15) is 29.7 Å². The van der Waals surface area contributed by atoms with Gasteiger partial charge in [0.05, 0.1) is 33.0 Å². The van der Waals surface area contributed by atoms with Crippen molar-refractivity contribution in [1.82, 2.24) is 9.78 Å². The molecule has 0 fully saturated rings. The van der Waals surface area contributed by atoms with E-state index < -0.39 is 0 Å². The Hall–Kier alpha value is -3.55. The van der Waals surface area contributed by atoms with Gasteiger partial charge in [-0.25, -0.2) is 9.07 Å². The Morgan fingerprint density at radius 3 is 2.59 bits per heavy atom. The second-order valence-corrected chi connectivity index (χ2v) is 8.07. The van der Waals surface area contributed by atoms with Crippen molar-refractivity contribution >= 4 is 5.69 Å². The largest absolute Gasteiger partial charge is 0.493 e. The molecule has 0 amide bonds. The van der Waals surface area contributed by atoms with E-state index in [1.165, 1.54) is 22.4 Å². The Morgan fingerprint density at radius 2 is 1.88 bits per heavy atom. The lowest BCUT2D eigenvalue weighted by molar-refractivity contribution is 0.160. The molecule has 0 radical (unpaired) electrons. The summed E-state index contributed by atoms with van der Waals surface area (Å²) in [4.78, 5) is 15.4. The molecule has 0 N–H and O–H groups in total. The van der Waals surface area contributed by atoms with Gasteiger partial charge >= 0.3 is 5.56 Å². The molecule has 5 rings (SSSR count). The monoisotopic (exact) mass is 437 g/mol. The summed E-state index contributed by atoms with van der Waals surface area (Å²) >= 11 is 0. The van der Waals surface area contributed by atoms with Crippen LogP contribution in [0, 0.1) is 5.82 Å². The van der Waals surface area contributed by atoms with E-state index in [9.17, 15) is 9.18 Å². The first-order valence-electron chi connectivity index (χ1n) is 10.5. The summed E-state index contributed by atoms with van der Waals surface area (Å²) in [6.07, 6.45) is 2.23. The number of rotatable bonds is 4. The van der Waals surface area contributed by atoms with Crippen molar-refractivity contribution in [3.8, 4) is 17.2 Å². The van der Waals surface area contributed by atoms with Gasteiger partial charge in [-0.3, -0.25) is 4.79 Å². The number of methoxy groups -OCH3 is 2. The average Bonchev–Trinajstić information content (AvgIpc) is 2.81. The van der Waals surface area contributed by atoms with E-state index in [1.807, 2.05) is 19.1 Å². The summed E-state index contributed by atoms with van der Waals surface area (Å²) in [7, 11) is 3.25. The van der Waals surface area contributed by atoms with Gasteiger partial charge in [-0.2, -0.15) is 5.10 Å². The zero-order valence-corrected chi connectivity index (χ0v) is 18.2. The Bertz CT molecular complexity index is 1230. The first-order valence-corrected chi connectivity index (χ1v) is 10.5. The van der Waals surface area contributed by atoms with Crippen molar-refractivity contribution in [2.24, 2.45) is 0 Å². The van der Waals surface area contributed by atoms with Crippen LogP contribution in [0.3, 0.4) is 0 Å². The molecule has 0 saturated heterocycles. The summed E-state index contributed by atoms with van der Waals surface area (Å²) < 4.78 is 31.7. The molecule has 1 aromatic heterocycles. The summed E-state index contributed by atoms with van der Waals surface area (Å²) in [5.74, 6) is 1.35. The first kappa shape index (κ1) is 20.4. The molecular formula is C24H24FN3O4. The van der Waals surface area contributed by atoms with E-state index in [0.29, 0.717) is 22.9 Å². The van der Waals surface area contributed by atoms with Crippen LogP contribution in [0.4, 0.5) is 10.1 Å². The van der Waals surface area contributed by atoms with Gasteiger partial charge in [-0.15, -0.1) is 0 Å². The number of fused-ring (bicyclic) bond motifs is 5. The van der Waals surface area contributed by atoms with E-state index in [-0.39, 0.29) is 30.1 Å². The highest BCUT2D eigenvalue weighted by Gasteiger charge is 2.40. The number of benzene rings is 2. The highest BCUT2D eigenvalue weighted by Crippen LogP contribution is 2.46. The van der Waals surface area contributed by atoms with E-state index in [4.69, 9.17) is 14.2 Å². The van der Waals surface area contributed by atoms with Gasteiger partial charge in [-0.1, -0.05) is 12.1 Å². The number of hydrogen-bond acceptors (Lipinski definition) is 6. The molecular weight excluding hydrogens is 413 g/mol. The maximum atomic E-state index is 13.2. The average molecular weight is 437 g/mol. The van der Waals surface area contributed by atoms with Gasteiger partial charge < -0.3 is 19.1 Å². The topological polar surface area (TPSA) is 65.8 Å². The molecule has 8 heteroatoms. The van der Waals surface area contributed by atoms with Crippen LogP contribution in [-0.2, 0) is 13.0 Å². The van der Waals surface area contributed by atoms with Gasteiger partial charge in [0.25, 0.3) is 0 Å². The zero-order chi connectivity index (χ0) is 22.4. The van der Waals surface area contributed by atoms with Crippen LogP contribution in [0.25, 0.3) is 0 Å². The molecule has 3 heterocycles. The quantitative estimate of drug-likeness (QED) is 0.624. The smallest absolute Gasteiger partial charge is 0.311 e. The number of ether oxygens (including phenoxy) is 3. The third-order valence-electron chi connectivity index (χ3n) is 6.21. The van der Waals surface area contributed by atoms with Crippen molar-refractivity contribution in [3.05, 3.63) is 75.5 Å². The molecule has 32 heavy (non-hydrogen) atoms. The number of hydrogen-bond donors (Lipinski definition) is 0. The van der Waals surface area contributed by atoms with Crippen molar-refractivity contribution in [1.29, 1.82) is 0 Å². The number of aromatic nitrogens is 2. The molecule has 0 spiro atoms. The third-order valence-corrected chi connectivity index (χ3v) is 6.21. The minimum atomic E-state index is -0.317. The van der Waals surface area contributed by atoms with Crippen molar-refractivity contribution in [3.63, 3.8) is 0 Å². The lowest BCUT2D eigenvalue weighted by Crippen LogP contribution is -2.48. The van der Waals surface area contributed by atoms with Gasteiger partial charge in [0.15, 0.2) is 11.5 Å². The molecule has 2 aliphatic rings. The Balaban J connectivity index is 1.52. The van der Waals surface area contributed by atoms with Crippen molar-refractivity contribution < 1.29 is 18.6 Å². The molecule has 2 aromatic carbocycles. The van der Waals surface area contributed by atoms with Crippen molar-refractivity contribution in [2.45, 2.75) is 32.0 Å². The Morgan fingerprint density at radius 1 is 1.16 bits per heavy atom. The summed E-state index contributed by atoms with van der Waals surface area (Å²) in [6.45, 7) is 2.95. The second-order valence-electron chi connectivity index (χ2n) is 8.07. The highest BCUT2D eigenvalue weighted by atomic mass is 19.1. The number of anilines is 1. The van der Waals surface area contributed by atoms with Gasteiger partial charge in [0.1, 0.15) is 17.6 Å². The fourth-order valence-electron chi connectivity index (χ4n) is 4.66. The Labute approximate surface area is 184 Å². The van der Waals surface area contributed by atoms with Crippen LogP contribution in [0.15, 0.2) is 47.4 Å². The molecule has 166 valence electrons. The van der Waals surface area contributed by atoms with Gasteiger partial charge in [-0.05, 0) is 54.3 Å². The predicted octanol–water partition coefficient (Wildman–Crippen LogP) is 3.33. The molecule has 0 aliphatic carbocycles. The third kappa shape index (κ3) is 3.26. The lowest BCUT2D eigenvalue weighted by Gasteiger charge is -2.45. The maximum Gasteiger partial charge on any atom is 0.311 e. The predicted molar refractivity (Wildman–Crippen MR) is 117 cm³/mol. The normalized spacial score (nSPS) is 18.8. The highest BCUT2D eigenvalue weighted by molar-refractivity contribution is 5.63. The second kappa shape index (κ2) is 7.85. The van der Waals surface area contributed by atoms with Crippen LogP contribution in [0.5, 0.6) is 17.2 Å². The maximum absolute atomic E-state index is 13.2. The summed E-state index contributed by atoms with van der Waals surface area (Å²) in [5.41, 5.74) is 3.46. The summed E-state index contributed by atoms with van der Waals surface area (Å²) in [6, 6.07) is 9.98. The van der Waals surface area contributed by atoms with Gasteiger partial charge in [0, 0.05) is 6.54 Å². The molecule has 2 atom stereocenters. The molecule has 7 nitrogen and oxygen atoms in total. The van der Waals surface area contributed by atoms with E-state index >= 15 is 0 Å². The minimum Gasteiger partial charge on any atom is -0.493 e. The SMILES string of the molecule is COc1cc2c(cc1OC)[C@H]1[C@H](C)Oc3c(cnn(Cc4ccc(F)cc4)c3=O)N1CC2. The fourth-order valence-corrected chi connectivity index (χ4v) is 4.66. The van der Waals surface area contributed by atoms with E-state index in [1.54, 1.807) is 32.5 Å². The standard InChI is InChI=1S/C24H24FN3O4/c1-14-22-18-11-21(31-3)20(30-2)10-16(18)8-9-27(22)19-12-26-28(24(29)23(19)32-14)13-15-4-6-17(25)7-5-15/h4-7,10-12,14,22H,8-9,13H2,1-3H3/t14-,22+/m0/s1. The molecule has 3 aromatic rings. The first-order chi connectivity index (χ1) is 15.5. The number of halogens is 1. The van der Waals surface area contributed by atoms with Crippen molar-refractivity contribution in [2.75, 3.05) is 25.7 Å².